The van der Waals surface area contributed by atoms with Gasteiger partial charge in [-0.1, -0.05) is 199 Å². The van der Waals surface area contributed by atoms with E-state index in [-0.39, 0.29) is 23.6 Å². The van der Waals surface area contributed by atoms with E-state index in [0.29, 0.717) is 46.1 Å². The largest absolute Gasteiger partial charge is 0.274 e. The molecule has 0 saturated carbocycles. The minimum atomic E-state index is -0.278. The van der Waals surface area contributed by atoms with Crippen LogP contribution >= 0.6 is 0 Å². The van der Waals surface area contributed by atoms with Crippen LogP contribution < -0.4 is 0 Å². The van der Waals surface area contributed by atoms with Crippen molar-refractivity contribution in [1.29, 1.82) is 0 Å². The lowest BCUT2D eigenvalue weighted by Crippen LogP contribution is -2.41. The average Bonchev–Trinajstić information content (AvgIpc) is 3.40. The number of rotatable bonds is 18. The highest BCUT2D eigenvalue weighted by molar-refractivity contribution is 6.44. The van der Waals surface area contributed by atoms with Crippen molar-refractivity contribution in [2.24, 2.45) is 0 Å². The Morgan fingerprint density at radius 3 is 0.800 bits per heavy atom. The smallest absolute Gasteiger partial charge is 0.262 e. The Bertz CT molecular complexity index is 3030. The highest BCUT2D eigenvalue weighted by atomic mass is 16.2. The molecule has 0 saturated heterocycles. The number of nitrogens with zero attached hydrogens (tertiary/aromatic N) is 2. The molecule has 11 rings (SSSR count). The Morgan fingerprint density at radius 2 is 0.543 bits per heavy atom. The molecule has 0 atom stereocenters. The first kappa shape index (κ1) is 45.0. The summed E-state index contributed by atoms with van der Waals surface area (Å²) in [7, 11) is 0. The molecule has 0 aliphatic carbocycles. The Morgan fingerprint density at radius 1 is 0.300 bits per heavy atom. The Balaban J connectivity index is 1.28. The summed E-state index contributed by atoms with van der Waals surface area (Å²) in [5.41, 5.74) is 8.59. The molecular formula is C64H58N2O4. The number of benzene rings is 9. The highest BCUT2D eigenvalue weighted by Gasteiger charge is 2.41. The van der Waals surface area contributed by atoms with Crippen LogP contribution in [0.15, 0.2) is 146 Å². The lowest BCUT2D eigenvalue weighted by molar-refractivity contribution is 0.0593. The van der Waals surface area contributed by atoms with Gasteiger partial charge in [-0.25, -0.2) is 0 Å². The van der Waals surface area contributed by atoms with Crippen molar-refractivity contribution < 1.29 is 19.2 Å². The molecule has 2 heterocycles. The Hall–Kier alpha value is -7.44. The van der Waals surface area contributed by atoms with Gasteiger partial charge >= 0.3 is 0 Å². The number of carbonyl (C=O) groups excluding carboxylic acids is 4. The van der Waals surface area contributed by atoms with Crippen LogP contribution in [0.25, 0.3) is 87.6 Å². The van der Waals surface area contributed by atoms with Crippen molar-refractivity contribution in [1.82, 2.24) is 9.80 Å². The molecule has 348 valence electrons. The van der Waals surface area contributed by atoms with Gasteiger partial charge in [-0.3, -0.25) is 29.0 Å². The average molecular weight is 919 g/mol. The number of imide groups is 2. The third-order valence-corrected chi connectivity index (χ3v) is 15.0. The summed E-state index contributed by atoms with van der Waals surface area (Å²) in [5.74, 6) is -1.11. The van der Waals surface area contributed by atoms with Crippen molar-refractivity contribution >= 4 is 66.7 Å². The number of amides is 4. The van der Waals surface area contributed by atoms with Crippen LogP contribution in [0, 0.1) is 0 Å². The zero-order valence-electron chi connectivity index (χ0n) is 40.3. The summed E-state index contributed by atoms with van der Waals surface area (Å²) < 4.78 is 0. The van der Waals surface area contributed by atoms with Crippen LogP contribution in [-0.2, 0) is 0 Å². The molecule has 0 bridgehead atoms. The highest BCUT2D eigenvalue weighted by Crippen LogP contribution is 2.53. The van der Waals surface area contributed by atoms with Gasteiger partial charge in [-0.05, 0) is 114 Å². The molecule has 0 spiro atoms. The first-order valence-corrected chi connectivity index (χ1v) is 25.7. The van der Waals surface area contributed by atoms with E-state index >= 15 is 19.2 Å². The molecule has 70 heavy (non-hydrogen) atoms. The molecule has 6 nitrogen and oxygen atoms in total. The van der Waals surface area contributed by atoms with E-state index in [0.717, 1.165) is 141 Å². The second kappa shape index (κ2) is 19.2. The van der Waals surface area contributed by atoms with E-state index in [1.165, 1.54) is 22.6 Å². The zero-order chi connectivity index (χ0) is 47.9. The van der Waals surface area contributed by atoms with Gasteiger partial charge in [0.2, 0.25) is 0 Å². The summed E-state index contributed by atoms with van der Waals surface area (Å²) in [4.78, 5) is 64.9. The van der Waals surface area contributed by atoms with Crippen LogP contribution in [0.1, 0.15) is 132 Å². The second-order valence-corrected chi connectivity index (χ2v) is 19.4. The Kier molecular flexibility index (Phi) is 12.3. The normalized spacial score (nSPS) is 13.6. The molecule has 0 fully saturated rings. The molecule has 9 aromatic rings. The quantitative estimate of drug-likeness (QED) is 0.0372. The predicted molar refractivity (Wildman–Crippen MR) is 287 cm³/mol. The van der Waals surface area contributed by atoms with Gasteiger partial charge in [-0.2, -0.15) is 0 Å². The standard InChI is InChI=1S/C64H58N2O4/c1-3-5-7-9-11-25-35-65-61(67)55-45(41-27-17-13-18-28-41)37-49-51-39-47(43-31-21-15-22-32-43)57-60-54(51)52(50-38-46(42-29-19-14-20-30-42)56(62(65)68)59(55)53(49)50)40-48(44-33-23-16-24-34-44)58(60)64(70)66(63(57)69)36-26-12-10-8-6-4-2/h13-24,27-34,37-40H,3-12,25-26,35-36H2,1-2H3. The molecule has 4 amide bonds. The third-order valence-electron chi connectivity index (χ3n) is 15.0. The monoisotopic (exact) mass is 918 g/mol. The summed E-state index contributed by atoms with van der Waals surface area (Å²) in [6.45, 7) is 5.08. The number of fused-ring (bicyclic) bond motifs is 2. The zero-order valence-corrected chi connectivity index (χ0v) is 40.3. The van der Waals surface area contributed by atoms with Crippen LogP contribution in [-0.4, -0.2) is 46.5 Å². The van der Waals surface area contributed by atoms with Crippen molar-refractivity contribution in [3.8, 4) is 44.5 Å². The SMILES string of the molecule is CCCCCCCCN1C(=O)c2c(-c3ccccc3)cc3c4cc(-c5ccccc5)c5c6c(c(-c7ccccc7)cc(c7cc(-c8ccccc8)c(c2c37)C1=O)c64)C(=O)N(CCCCCCCC)C5=O. The molecule has 0 unspecified atom stereocenters. The molecule has 0 aromatic heterocycles. The van der Waals surface area contributed by atoms with Gasteiger partial charge in [0.1, 0.15) is 0 Å². The second-order valence-electron chi connectivity index (χ2n) is 19.4. The van der Waals surface area contributed by atoms with Gasteiger partial charge in [0.25, 0.3) is 23.6 Å². The molecule has 9 aromatic carbocycles. The van der Waals surface area contributed by atoms with Gasteiger partial charge in [0.15, 0.2) is 0 Å². The van der Waals surface area contributed by atoms with Crippen molar-refractivity contribution in [3.05, 3.63) is 168 Å². The van der Waals surface area contributed by atoms with Crippen LogP contribution in [0.2, 0.25) is 0 Å². The van der Waals surface area contributed by atoms with Crippen molar-refractivity contribution in [2.75, 3.05) is 13.1 Å². The van der Waals surface area contributed by atoms with E-state index in [2.05, 4.69) is 38.1 Å². The molecule has 2 aliphatic rings. The fraction of sp³-hybridized carbons (Fsp3) is 0.250. The van der Waals surface area contributed by atoms with Crippen molar-refractivity contribution in [3.63, 3.8) is 0 Å². The van der Waals surface area contributed by atoms with Crippen LogP contribution in [0.4, 0.5) is 0 Å². The number of unbranched alkanes of at least 4 members (excludes halogenated alkanes) is 10. The maximum Gasteiger partial charge on any atom is 0.262 e. The van der Waals surface area contributed by atoms with E-state index in [9.17, 15) is 0 Å². The molecular weight excluding hydrogens is 861 g/mol. The fourth-order valence-electron chi connectivity index (χ4n) is 11.6. The number of hydrogen-bond donors (Lipinski definition) is 0. The topological polar surface area (TPSA) is 74.8 Å². The summed E-state index contributed by atoms with van der Waals surface area (Å²) in [6.07, 6.45) is 12.4. The van der Waals surface area contributed by atoms with Crippen LogP contribution in [0.3, 0.4) is 0 Å². The van der Waals surface area contributed by atoms with Gasteiger partial charge < -0.3 is 0 Å². The molecule has 0 radical (unpaired) electrons. The van der Waals surface area contributed by atoms with Gasteiger partial charge in [0.05, 0.1) is 22.3 Å². The Labute approximate surface area is 410 Å². The van der Waals surface area contributed by atoms with E-state index in [1.807, 2.05) is 121 Å². The maximum atomic E-state index is 15.5. The summed E-state index contributed by atoms with van der Waals surface area (Å²) in [5, 5.41) is 6.42. The van der Waals surface area contributed by atoms with E-state index in [4.69, 9.17) is 0 Å². The van der Waals surface area contributed by atoms with Crippen molar-refractivity contribution in [2.45, 2.75) is 90.9 Å². The molecule has 0 N–H and O–H groups in total. The first-order chi connectivity index (χ1) is 34.4. The minimum Gasteiger partial charge on any atom is -0.274 e. The summed E-state index contributed by atoms with van der Waals surface area (Å²) in [6, 6.07) is 48.7. The van der Waals surface area contributed by atoms with Gasteiger partial charge in [-0.15, -0.1) is 0 Å². The van der Waals surface area contributed by atoms with E-state index < -0.39 is 0 Å². The lowest BCUT2D eigenvalue weighted by atomic mass is 9.75. The minimum absolute atomic E-state index is 0.278. The van der Waals surface area contributed by atoms with E-state index in [1.54, 1.807) is 0 Å². The third kappa shape index (κ3) is 7.56. The first-order valence-electron chi connectivity index (χ1n) is 25.7. The maximum absolute atomic E-state index is 15.5. The summed E-state index contributed by atoms with van der Waals surface area (Å²) >= 11 is 0. The number of carbonyl (C=O) groups is 4. The van der Waals surface area contributed by atoms with Gasteiger partial charge in [0, 0.05) is 23.9 Å². The predicted octanol–water partition coefficient (Wildman–Crippen LogP) is 16.3. The lowest BCUT2D eigenvalue weighted by Gasteiger charge is -2.34. The molecule has 6 heteroatoms. The van der Waals surface area contributed by atoms with Crippen LogP contribution in [0.5, 0.6) is 0 Å². The molecule has 2 aliphatic heterocycles. The number of hydrogen-bond acceptors (Lipinski definition) is 4. The fourth-order valence-corrected chi connectivity index (χ4v) is 11.6.